The van der Waals surface area contributed by atoms with Gasteiger partial charge >= 0.3 is 0 Å². The lowest BCUT2D eigenvalue weighted by Crippen LogP contribution is -2.22. The number of rotatable bonds is 6. The van der Waals surface area contributed by atoms with Crippen LogP contribution < -0.4 is 0 Å². The molecule has 0 bridgehead atoms. The van der Waals surface area contributed by atoms with Crippen molar-refractivity contribution >= 4 is 22.6 Å². The summed E-state index contributed by atoms with van der Waals surface area (Å²) in [6.45, 7) is 9.29. The largest absolute Gasteiger partial charge is 0.380 e. The van der Waals surface area contributed by atoms with Gasteiger partial charge in [0.25, 0.3) is 0 Å². The van der Waals surface area contributed by atoms with Gasteiger partial charge in [0.2, 0.25) is 0 Å². The van der Waals surface area contributed by atoms with Crippen molar-refractivity contribution in [3.8, 4) is 0 Å². The van der Waals surface area contributed by atoms with Gasteiger partial charge in [-0.05, 0) is 31.4 Å². The summed E-state index contributed by atoms with van der Waals surface area (Å²) >= 11 is 6.05. The maximum absolute atomic E-state index is 13.7. The van der Waals surface area contributed by atoms with E-state index in [-0.39, 0.29) is 11.9 Å². The summed E-state index contributed by atoms with van der Waals surface area (Å²) in [5.74, 6) is 1.18. The van der Waals surface area contributed by atoms with E-state index >= 15 is 0 Å². The van der Waals surface area contributed by atoms with Crippen molar-refractivity contribution < 1.29 is 9.13 Å². The van der Waals surface area contributed by atoms with Crippen molar-refractivity contribution in [2.75, 3.05) is 13.2 Å². The van der Waals surface area contributed by atoms with Crippen molar-refractivity contribution in [3.63, 3.8) is 0 Å². The predicted octanol–water partition coefficient (Wildman–Crippen LogP) is 4.46. The SMILES string of the molecule is CCOCC(C(C)C)n1c(CCl)nc2cc(F)c(C)cc21. The van der Waals surface area contributed by atoms with Crippen LogP contribution >= 0.6 is 11.6 Å². The molecule has 1 atom stereocenters. The number of hydrogen-bond acceptors (Lipinski definition) is 2. The highest BCUT2D eigenvalue weighted by Crippen LogP contribution is 2.29. The molecule has 0 spiro atoms. The fraction of sp³-hybridized carbons (Fsp3) is 0.562. The Hall–Kier alpha value is -1.13. The molecule has 116 valence electrons. The lowest BCUT2D eigenvalue weighted by molar-refractivity contribution is 0.0970. The molecule has 0 N–H and O–H groups in total. The van der Waals surface area contributed by atoms with E-state index in [0.29, 0.717) is 36.1 Å². The minimum atomic E-state index is -0.237. The normalized spacial score (nSPS) is 13.3. The lowest BCUT2D eigenvalue weighted by Gasteiger charge is -2.25. The van der Waals surface area contributed by atoms with Gasteiger partial charge in [-0.25, -0.2) is 9.37 Å². The van der Waals surface area contributed by atoms with Crippen LogP contribution in [-0.4, -0.2) is 22.8 Å². The van der Waals surface area contributed by atoms with Gasteiger partial charge in [-0.15, -0.1) is 11.6 Å². The average molecular weight is 313 g/mol. The second-order valence-corrected chi connectivity index (χ2v) is 5.86. The van der Waals surface area contributed by atoms with Crippen molar-refractivity contribution in [1.29, 1.82) is 0 Å². The summed E-state index contributed by atoms with van der Waals surface area (Å²) in [6.07, 6.45) is 0. The van der Waals surface area contributed by atoms with E-state index in [0.717, 1.165) is 11.3 Å². The van der Waals surface area contributed by atoms with E-state index in [1.54, 1.807) is 6.92 Å². The number of benzene rings is 1. The molecule has 2 rings (SSSR count). The highest BCUT2D eigenvalue weighted by molar-refractivity contribution is 6.16. The number of hydrogen-bond donors (Lipinski definition) is 0. The summed E-state index contributed by atoms with van der Waals surface area (Å²) < 4.78 is 21.5. The minimum absolute atomic E-state index is 0.133. The highest BCUT2D eigenvalue weighted by Gasteiger charge is 2.22. The van der Waals surface area contributed by atoms with Gasteiger partial charge in [-0.3, -0.25) is 0 Å². The molecule has 0 saturated carbocycles. The number of halogens is 2. The average Bonchev–Trinajstić information content (AvgIpc) is 2.77. The quantitative estimate of drug-likeness (QED) is 0.737. The van der Waals surface area contributed by atoms with E-state index in [9.17, 15) is 4.39 Å². The number of aromatic nitrogens is 2. The van der Waals surface area contributed by atoms with Gasteiger partial charge in [0, 0.05) is 12.7 Å². The number of fused-ring (bicyclic) bond motifs is 1. The maximum atomic E-state index is 13.7. The van der Waals surface area contributed by atoms with Crippen LogP contribution in [0.4, 0.5) is 4.39 Å². The summed E-state index contributed by atoms with van der Waals surface area (Å²) in [4.78, 5) is 4.48. The van der Waals surface area contributed by atoms with Crippen molar-refractivity contribution in [1.82, 2.24) is 9.55 Å². The Bertz CT molecular complexity index is 624. The van der Waals surface area contributed by atoms with Crippen molar-refractivity contribution in [3.05, 3.63) is 29.3 Å². The van der Waals surface area contributed by atoms with Crippen LogP contribution in [0.1, 0.15) is 38.2 Å². The fourth-order valence-corrected chi connectivity index (χ4v) is 2.73. The minimum Gasteiger partial charge on any atom is -0.380 e. The van der Waals surface area contributed by atoms with Crippen LogP contribution in [0.3, 0.4) is 0 Å². The Morgan fingerprint density at radius 2 is 2.10 bits per heavy atom. The van der Waals surface area contributed by atoms with Crippen LogP contribution in [0.5, 0.6) is 0 Å². The Morgan fingerprint density at radius 3 is 2.67 bits per heavy atom. The number of imidazole rings is 1. The first kappa shape index (κ1) is 16.2. The van der Waals surface area contributed by atoms with Crippen molar-refractivity contribution in [2.45, 2.75) is 39.6 Å². The van der Waals surface area contributed by atoms with Crippen LogP contribution in [-0.2, 0) is 10.6 Å². The van der Waals surface area contributed by atoms with Gasteiger partial charge in [0.05, 0.1) is 29.6 Å². The third-order valence-corrected chi connectivity index (χ3v) is 4.00. The number of alkyl halides is 1. The first-order chi connectivity index (χ1) is 9.99. The van der Waals surface area contributed by atoms with Crippen LogP contribution in [0.15, 0.2) is 12.1 Å². The second-order valence-electron chi connectivity index (χ2n) is 5.59. The van der Waals surface area contributed by atoms with Crippen LogP contribution in [0.25, 0.3) is 11.0 Å². The van der Waals surface area contributed by atoms with Gasteiger partial charge in [0.15, 0.2) is 0 Å². The number of nitrogens with zero attached hydrogens (tertiary/aromatic N) is 2. The Balaban J connectivity index is 2.60. The topological polar surface area (TPSA) is 27.1 Å². The monoisotopic (exact) mass is 312 g/mol. The molecule has 1 aromatic heterocycles. The molecule has 0 aliphatic rings. The smallest absolute Gasteiger partial charge is 0.128 e. The number of aryl methyl sites for hydroxylation is 1. The summed E-state index contributed by atoms with van der Waals surface area (Å²) in [5.41, 5.74) is 2.18. The van der Waals surface area contributed by atoms with Gasteiger partial charge in [-0.1, -0.05) is 13.8 Å². The molecule has 5 heteroatoms. The molecule has 2 aromatic rings. The van der Waals surface area contributed by atoms with E-state index in [2.05, 4.69) is 23.4 Å². The van der Waals surface area contributed by atoms with Gasteiger partial charge in [-0.2, -0.15) is 0 Å². The van der Waals surface area contributed by atoms with E-state index in [4.69, 9.17) is 16.3 Å². The Morgan fingerprint density at radius 1 is 1.38 bits per heavy atom. The maximum Gasteiger partial charge on any atom is 0.128 e. The molecule has 0 aliphatic heterocycles. The van der Waals surface area contributed by atoms with E-state index in [1.165, 1.54) is 6.07 Å². The molecule has 1 heterocycles. The first-order valence-electron chi connectivity index (χ1n) is 7.30. The predicted molar refractivity (Wildman–Crippen MR) is 84.4 cm³/mol. The van der Waals surface area contributed by atoms with E-state index < -0.39 is 0 Å². The Labute approximate surface area is 130 Å². The zero-order valence-electron chi connectivity index (χ0n) is 13.0. The lowest BCUT2D eigenvalue weighted by atomic mass is 10.0. The zero-order valence-corrected chi connectivity index (χ0v) is 13.7. The number of ether oxygens (including phenoxy) is 1. The molecular formula is C16H22ClFN2O. The Kier molecular flexibility index (Phi) is 5.22. The molecule has 0 amide bonds. The molecule has 0 radical (unpaired) electrons. The van der Waals surface area contributed by atoms with Gasteiger partial charge < -0.3 is 9.30 Å². The first-order valence-corrected chi connectivity index (χ1v) is 7.83. The molecule has 0 aliphatic carbocycles. The van der Waals surface area contributed by atoms with Crippen molar-refractivity contribution in [2.24, 2.45) is 5.92 Å². The molecule has 21 heavy (non-hydrogen) atoms. The molecule has 3 nitrogen and oxygen atoms in total. The molecule has 0 fully saturated rings. The molecule has 1 unspecified atom stereocenters. The van der Waals surface area contributed by atoms with Crippen LogP contribution in [0.2, 0.25) is 0 Å². The molecule has 1 aromatic carbocycles. The molecule has 0 saturated heterocycles. The fourth-order valence-electron chi connectivity index (χ4n) is 2.54. The zero-order chi connectivity index (χ0) is 15.6. The highest BCUT2D eigenvalue weighted by atomic mass is 35.5. The second kappa shape index (κ2) is 6.75. The summed E-state index contributed by atoms with van der Waals surface area (Å²) in [5, 5.41) is 0. The van der Waals surface area contributed by atoms with Crippen LogP contribution in [0, 0.1) is 18.7 Å². The summed E-state index contributed by atoms with van der Waals surface area (Å²) in [7, 11) is 0. The third kappa shape index (κ3) is 3.22. The van der Waals surface area contributed by atoms with E-state index in [1.807, 2.05) is 13.0 Å². The van der Waals surface area contributed by atoms with Gasteiger partial charge in [0.1, 0.15) is 11.6 Å². The molecular weight excluding hydrogens is 291 g/mol. The summed E-state index contributed by atoms with van der Waals surface area (Å²) in [6, 6.07) is 3.46. The third-order valence-electron chi connectivity index (χ3n) is 3.76. The standard InChI is InChI=1S/C16H22ClFN2O/c1-5-21-9-15(10(2)3)20-14-6-11(4)12(18)7-13(14)19-16(20)8-17/h6-7,10,15H,5,8-9H2,1-4H3.